The van der Waals surface area contributed by atoms with Gasteiger partial charge in [-0.3, -0.25) is 0 Å². The SMILES string of the molecule is COc1c(C)cc(-c2cc(C(=O)O)on2)cc1F. The minimum Gasteiger partial charge on any atom is -0.493 e. The monoisotopic (exact) mass is 251 g/mol. The number of hydrogen-bond acceptors (Lipinski definition) is 4. The Labute approximate surface area is 102 Å². The summed E-state index contributed by atoms with van der Waals surface area (Å²) in [5.41, 5.74) is 1.28. The van der Waals surface area contributed by atoms with Gasteiger partial charge < -0.3 is 14.4 Å². The summed E-state index contributed by atoms with van der Waals surface area (Å²) in [5, 5.41) is 12.3. The molecular weight excluding hydrogens is 241 g/mol. The van der Waals surface area contributed by atoms with Gasteiger partial charge in [-0.1, -0.05) is 5.16 Å². The fourth-order valence-corrected chi connectivity index (χ4v) is 1.65. The third-order valence-corrected chi connectivity index (χ3v) is 2.45. The van der Waals surface area contributed by atoms with Crippen LogP contribution in [0.2, 0.25) is 0 Å². The Bertz CT molecular complexity index is 583. The van der Waals surface area contributed by atoms with E-state index in [2.05, 4.69) is 9.68 Å². The second-order valence-electron chi connectivity index (χ2n) is 3.69. The van der Waals surface area contributed by atoms with E-state index in [1.54, 1.807) is 13.0 Å². The lowest BCUT2D eigenvalue weighted by Gasteiger charge is -2.07. The fraction of sp³-hybridized carbons (Fsp3) is 0.167. The lowest BCUT2D eigenvalue weighted by molar-refractivity contribution is 0.0652. The van der Waals surface area contributed by atoms with E-state index >= 15 is 0 Å². The number of aryl methyl sites for hydroxylation is 1. The summed E-state index contributed by atoms with van der Waals surface area (Å²) < 4.78 is 23.2. The first-order chi connectivity index (χ1) is 8.52. The molecule has 1 aromatic carbocycles. The van der Waals surface area contributed by atoms with E-state index in [9.17, 15) is 9.18 Å². The van der Waals surface area contributed by atoms with Gasteiger partial charge in [-0.2, -0.15) is 0 Å². The summed E-state index contributed by atoms with van der Waals surface area (Å²) in [5.74, 6) is -1.90. The van der Waals surface area contributed by atoms with E-state index in [4.69, 9.17) is 9.84 Å². The predicted octanol–water partition coefficient (Wildman–Crippen LogP) is 2.50. The smallest absolute Gasteiger partial charge is 0.374 e. The predicted molar refractivity (Wildman–Crippen MR) is 60.1 cm³/mol. The van der Waals surface area contributed by atoms with Crippen molar-refractivity contribution in [2.24, 2.45) is 0 Å². The molecule has 94 valence electrons. The number of carbonyl (C=O) groups is 1. The lowest BCUT2D eigenvalue weighted by Crippen LogP contribution is -1.93. The van der Waals surface area contributed by atoms with E-state index in [1.165, 1.54) is 19.2 Å². The first-order valence-corrected chi connectivity index (χ1v) is 5.07. The van der Waals surface area contributed by atoms with Gasteiger partial charge in [0.05, 0.1) is 7.11 Å². The third-order valence-electron chi connectivity index (χ3n) is 2.45. The molecule has 2 rings (SSSR count). The molecule has 0 atom stereocenters. The molecule has 0 aliphatic carbocycles. The van der Waals surface area contributed by atoms with Crippen LogP contribution in [0.4, 0.5) is 4.39 Å². The molecular formula is C12H10FNO4. The van der Waals surface area contributed by atoms with Crippen LogP contribution >= 0.6 is 0 Å². The topological polar surface area (TPSA) is 72.6 Å². The van der Waals surface area contributed by atoms with Gasteiger partial charge >= 0.3 is 5.97 Å². The van der Waals surface area contributed by atoms with Gasteiger partial charge in [0.1, 0.15) is 5.69 Å². The third kappa shape index (κ3) is 2.04. The highest BCUT2D eigenvalue weighted by atomic mass is 19.1. The summed E-state index contributed by atoms with van der Waals surface area (Å²) in [7, 11) is 1.38. The van der Waals surface area contributed by atoms with E-state index in [0.29, 0.717) is 11.1 Å². The van der Waals surface area contributed by atoms with Crippen molar-refractivity contribution in [1.82, 2.24) is 5.16 Å². The molecule has 0 unspecified atom stereocenters. The Morgan fingerprint density at radius 1 is 1.44 bits per heavy atom. The van der Waals surface area contributed by atoms with Gasteiger partial charge in [-0.15, -0.1) is 0 Å². The van der Waals surface area contributed by atoms with Crippen LogP contribution < -0.4 is 4.74 Å². The molecule has 0 amide bonds. The molecule has 0 aliphatic heterocycles. The number of carboxylic acid groups (broad SMARTS) is 1. The minimum atomic E-state index is -1.22. The maximum Gasteiger partial charge on any atom is 0.374 e. The van der Waals surface area contributed by atoms with Crippen LogP contribution in [-0.2, 0) is 0 Å². The molecule has 1 aromatic heterocycles. The van der Waals surface area contributed by atoms with Crippen LogP contribution in [0.3, 0.4) is 0 Å². The highest BCUT2D eigenvalue weighted by Gasteiger charge is 2.15. The molecule has 0 bridgehead atoms. The molecule has 0 fully saturated rings. The van der Waals surface area contributed by atoms with Crippen molar-refractivity contribution in [3.8, 4) is 17.0 Å². The van der Waals surface area contributed by atoms with Crippen molar-refractivity contribution in [1.29, 1.82) is 0 Å². The van der Waals surface area contributed by atoms with Crippen molar-refractivity contribution in [2.75, 3.05) is 7.11 Å². The van der Waals surface area contributed by atoms with E-state index < -0.39 is 11.8 Å². The molecule has 1 N–H and O–H groups in total. The highest BCUT2D eigenvalue weighted by Crippen LogP contribution is 2.29. The minimum absolute atomic E-state index is 0.153. The number of nitrogens with zero attached hydrogens (tertiary/aromatic N) is 1. The Morgan fingerprint density at radius 3 is 2.67 bits per heavy atom. The van der Waals surface area contributed by atoms with Crippen molar-refractivity contribution < 1.29 is 23.6 Å². The second-order valence-corrected chi connectivity index (χ2v) is 3.69. The Hall–Kier alpha value is -2.37. The van der Waals surface area contributed by atoms with Crippen LogP contribution in [0.5, 0.6) is 5.75 Å². The van der Waals surface area contributed by atoms with Crippen LogP contribution in [0.15, 0.2) is 22.7 Å². The zero-order chi connectivity index (χ0) is 13.3. The number of carboxylic acids is 1. The number of aromatic nitrogens is 1. The molecule has 2 aromatic rings. The standard InChI is InChI=1S/C12H10FNO4/c1-6-3-7(4-8(13)11(6)17-2)9-5-10(12(15)16)18-14-9/h3-5H,1-2H3,(H,15,16). The molecule has 6 heteroatoms. The fourth-order valence-electron chi connectivity index (χ4n) is 1.65. The molecule has 0 aliphatic rings. The van der Waals surface area contributed by atoms with Gasteiger partial charge in [0, 0.05) is 11.6 Å². The molecule has 18 heavy (non-hydrogen) atoms. The summed E-state index contributed by atoms with van der Waals surface area (Å²) in [6.45, 7) is 1.68. The average molecular weight is 251 g/mol. The van der Waals surface area contributed by atoms with Gasteiger partial charge in [0.15, 0.2) is 11.6 Å². The van der Waals surface area contributed by atoms with E-state index in [-0.39, 0.29) is 17.2 Å². The van der Waals surface area contributed by atoms with Crippen molar-refractivity contribution in [3.05, 3.63) is 35.3 Å². The maximum absolute atomic E-state index is 13.7. The quantitative estimate of drug-likeness (QED) is 0.907. The van der Waals surface area contributed by atoms with Gasteiger partial charge in [0.2, 0.25) is 5.76 Å². The Balaban J connectivity index is 2.47. The number of methoxy groups -OCH3 is 1. The van der Waals surface area contributed by atoms with Crippen LogP contribution in [0.25, 0.3) is 11.3 Å². The van der Waals surface area contributed by atoms with Gasteiger partial charge in [0.25, 0.3) is 0 Å². The van der Waals surface area contributed by atoms with Crippen molar-refractivity contribution in [3.63, 3.8) is 0 Å². The van der Waals surface area contributed by atoms with Gasteiger partial charge in [-0.25, -0.2) is 9.18 Å². The van der Waals surface area contributed by atoms with Crippen LogP contribution in [-0.4, -0.2) is 23.3 Å². The first-order valence-electron chi connectivity index (χ1n) is 5.07. The second kappa shape index (κ2) is 4.48. The summed E-state index contributed by atoms with van der Waals surface area (Å²) in [4.78, 5) is 10.7. The first kappa shape index (κ1) is 12.1. The zero-order valence-electron chi connectivity index (χ0n) is 9.73. The van der Waals surface area contributed by atoms with E-state index in [1.807, 2.05) is 0 Å². The maximum atomic E-state index is 13.7. The molecule has 5 nitrogen and oxygen atoms in total. The Kier molecular flexibility index (Phi) is 3.01. The number of hydrogen-bond donors (Lipinski definition) is 1. The molecule has 1 heterocycles. The Morgan fingerprint density at radius 2 is 2.17 bits per heavy atom. The van der Waals surface area contributed by atoms with Crippen LogP contribution in [0, 0.1) is 12.7 Å². The molecule has 0 radical (unpaired) electrons. The average Bonchev–Trinajstić information content (AvgIpc) is 2.77. The van der Waals surface area contributed by atoms with Gasteiger partial charge in [-0.05, 0) is 24.6 Å². The number of benzene rings is 1. The number of rotatable bonds is 3. The number of ether oxygens (including phenoxy) is 1. The highest BCUT2D eigenvalue weighted by molar-refractivity contribution is 5.85. The summed E-state index contributed by atoms with van der Waals surface area (Å²) in [6.07, 6.45) is 0. The van der Waals surface area contributed by atoms with E-state index in [0.717, 1.165) is 0 Å². The van der Waals surface area contributed by atoms with Crippen molar-refractivity contribution in [2.45, 2.75) is 6.92 Å². The molecule has 0 saturated carbocycles. The summed E-state index contributed by atoms with van der Waals surface area (Å²) >= 11 is 0. The zero-order valence-corrected chi connectivity index (χ0v) is 9.73. The largest absolute Gasteiger partial charge is 0.493 e. The number of aromatic carboxylic acids is 1. The normalized spacial score (nSPS) is 10.4. The summed E-state index contributed by atoms with van der Waals surface area (Å²) in [6, 6.07) is 4.10. The lowest BCUT2D eigenvalue weighted by atomic mass is 10.1. The van der Waals surface area contributed by atoms with Crippen LogP contribution in [0.1, 0.15) is 16.1 Å². The molecule has 0 spiro atoms. The number of halogens is 1. The molecule has 0 saturated heterocycles. The van der Waals surface area contributed by atoms with Crippen molar-refractivity contribution >= 4 is 5.97 Å².